The smallest absolute Gasteiger partial charge is 0.306 e. The number of pyridine rings is 1. The molecule has 1 aliphatic carbocycles. The van der Waals surface area contributed by atoms with Gasteiger partial charge in [-0.2, -0.15) is 10.2 Å². The summed E-state index contributed by atoms with van der Waals surface area (Å²) in [7, 11) is 1.67. The molecule has 39 heavy (non-hydrogen) atoms. The molecule has 0 amide bonds. The molecule has 1 N–H and O–H groups in total. The molecule has 2 saturated heterocycles. The number of fused-ring (bicyclic) bond motifs is 5. The van der Waals surface area contributed by atoms with E-state index in [-0.39, 0.29) is 29.0 Å². The number of nitrogens with zero attached hydrogens (tertiary/aromatic N) is 6. The summed E-state index contributed by atoms with van der Waals surface area (Å²) in [5.74, 6) is -1.46. The number of anilines is 1. The number of para-hydroxylation sites is 1. The minimum atomic E-state index is -0.715. The predicted molar refractivity (Wildman–Crippen MR) is 143 cm³/mol. The van der Waals surface area contributed by atoms with E-state index in [1.54, 1.807) is 24.1 Å². The fraction of sp³-hybridized carbons (Fsp3) is 0.310. The Hall–Kier alpha value is -4.34. The van der Waals surface area contributed by atoms with Gasteiger partial charge in [-0.1, -0.05) is 18.2 Å². The van der Waals surface area contributed by atoms with Crippen molar-refractivity contribution in [1.82, 2.24) is 24.5 Å². The molecule has 5 aromatic rings. The van der Waals surface area contributed by atoms with Crippen LogP contribution in [0.3, 0.4) is 0 Å². The molecule has 3 aromatic heterocycles. The highest BCUT2D eigenvalue weighted by molar-refractivity contribution is 6.04. The fourth-order valence-corrected chi connectivity index (χ4v) is 6.55. The number of hydrogen-bond acceptors (Lipinski definition) is 5. The van der Waals surface area contributed by atoms with Gasteiger partial charge in [0.05, 0.1) is 23.3 Å². The fourth-order valence-electron chi connectivity index (χ4n) is 6.55. The number of carboxylic acids is 1. The van der Waals surface area contributed by atoms with Crippen LogP contribution >= 0.6 is 0 Å². The van der Waals surface area contributed by atoms with Gasteiger partial charge in [0.2, 0.25) is 0 Å². The zero-order valence-electron chi connectivity index (χ0n) is 21.5. The topological polar surface area (TPSA) is 89.1 Å². The van der Waals surface area contributed by atoms with Crippen molar-refractivity contribution in [3.05, 3.63) is 66.0 Å². The number of aryl methyl sites for hydroxylation is 2. The monoisotopic (exact) mass is 528 g/mol. The highest BCUT2D eigenvalue weighted by atomic mass is 19.1. The normalized spacial score (nSPS) is 20.8. The standard InChI is InChI=1S/C29H26F2N6O2/c1-15-4-3-5-19-27(25-21-14-35(2)33-26(21)23(31)11-22(25)30)34-37(28(15)19)18-8-9-24(32-12-18)36-13-16-6-7-17(36)10-20(16)29(38)39/h3-5,8-9,11-12,14,16-17,20H,6-7,10,13H2,1-2H3,(H,38,39). The molecule has 5 heterocycles. The van der Waals surface area contributed by atoms with E-state index in [9.17, 15) is 14.3 Å². The van der Waals surface area contributed by atoms with Crippen molar-refractivity contribution in [2.75, 3.05) is 11.4 Å². The minimum Gasteiger partial charge on any atom is -0.481 e. The molecule has 8 nitrogen and oxygen atoms in total. The molecule has 2 bridgehead atoms. The van der Waals surface area contributed by atoms with Crippen LogP contribution in [0.4, 0.5) is 14.6 Å². The third-order valence-corrected chi connectivity index (χ3v) is 8.38. The van der Waals surface area contributed by atoms with Crippen molar-refractivity contribution in [3.63, 3.8) is 0 Å². The molecule has 198 valence electrons. The second-order valence-corrected chi connectivity index (χ2v) is 10.7. The Kier molecular flexibility index (Phi) is 5.23. The molecule has 3 fully saturated rings. The average molecular weight is 529 g/mol. The van der Waals surface area contributed by atoms with Crippen LogP contribution in [0.5, 0.6) is 0 Å². The maximum absolute atomic E-state index is 15.3. The first kappa shape index (κ1) is 23.8. The summed E-state index contributed by atoms with van der Waals surface area (Å²) in [6, 6.07) is 10.7. The summed E-state index contributed by atoms with van der Waals surface area (Å²) in [6.07, 6.45) is 5.89. The van der Waals surface area contributed by atoms with Gasteiger partial charge in [-0.25, -0.2) is 18.4 Å². The zero-order valence-corrected chi connectivity index (χ0v) is 21.5. The summed E-state index contributed by atoms with van der Waals surface area (Å²) >= 11 is 0. The van der Waals surface area contributed by atoms with Crippen LogP contribution in [0.2, 0.25) is 0 Å². The predicted octanol–water partition coefficient (Wildman–Crippen LogP) is 5.25. The Labute approximate surface area is 222 Å². The van der Waals surface area contributed by atoms with Gasteiger partial charge < -0.3 is 10.0 Å². The van der Waals surface area contributed by atoms with Crippen LogP contribution in [-0.4, -0.2) is 48.2 Å². The van der Waals surface area contributed by atoms with Crippen molar-refractivity contribution < 1.29 is 18.7 Å². The van der Waals surface area contributed by atoms with Crippen molar-refractivity contribution in [1.29, 1.82) is 0 Å². The van der Waals surface area contributed by atoms with E-state index in [1.165, 1.54) is 4.68 Å². The van der Waals surface area contributed by atoms with E-state index in [1.807, 2.05) is 37.3 Å². The Morgan fingerprint density at radius 1 is 1.08 bits per heavy atom. The van der Waals surface area contributed by atoms with E-state index >= 15 is 4.39 Å². The summed E-state index contributed by atoms with van der Waals surface area (Å²) in [5.41, 5.74) is 3.17. The lowest BCUT2D eigenvalue weighted by Gasteiger charge is -2.48. The number of aromatic nitrogens is 5. The molecular formula is C29H26F2N6O2. The lowest BCUT2D eigenvalue weighted by Crippen LogP contribution is -2.54. The molecular weight excluding hydrogens is 502 g/mol. The van der Waals surface area contributed by atoms with Crippen molar-refractivity contribution in [3.8, 4) is 16.9 Å². The Bertz CT molecular complexity index is 1780. The third-order valence-electron chi connectivity index (χ3n) is 8.38. The number of rotatable bonds is 4. The Morgan fingerprint density at radius 2 is 1.92 bits per heavy atom. The quantitative estimate of drug-likeness (QED) is 0.343. The number of carbonyl (C=O) groups is 1. The average Bonchev–Trinajstić information content (AvgIpc) is 3.51. The highest BCUT2D eigenvalue weighted by Crippen LogP contribution is 2.42. The number of piperidine rings is 2. The maximum atomic E-state index is 15.3. The molecule has 0 spiro atoms. The third kappa shape index (κ3) is 3.61. The van der Waals surface area contributed by atoms with E-state index < -0.39 is 17.6 Å². The maximum Gasteiger partial charge on any atom is 0.306 e. The number of carboxylic acid groups (broad SMARTS) is 1. The summed E-state index contributed by atoms with van der Waals surface area (Å²) < 4.78 is 33.1. The van der Waals surface area contributed by atoms with Gasteiger partial charge in [0.15, 0.2) is 5.82 Å². The molecule has 3 aliphatic rings. The number of hydrogen-bond donors (Lipinski definition) is 1. The van der Waals surface area contributed by atoms with E-state index in [0.29, 0.717) is 29.7 Å². The van der Waals surface area contributed by atoms with E-state index in [4.69, 9.17) is 10.1 Å². The van der Waals surface area contributed by atoms with Gasteiger partial charge in [-0.3, -0.25) is 9.48 Å². The first-order chi connectivity index (χ1) is 18.8. The Balaban J connectivity index is 1.32. The van der Waals surface area contributed by atoms with Crippen molar-refractivity contribution in [2.45, 2.75) is 32.2 Å². The number of aliphatic carboxylic acids is 1. The molecule has 2 aromatic carbocycles. The summed E-state index contributed by atoms with van der Waals surface area (Å²) in [6.45, 7) is 2.66. The number of benzene rings is 2. The molecule has 8 rings (SSSR count). The first-order valence-electron chi connectivity index (χ1n) is 13.1. The second kappa shape index (κ2) is 8.59. The largest absolute Gasteiger partial charge is 0.481 e. The van der Waals surface area contributed by atoms with Crippen LogP contribution < -0.4 is 4.90 Å². The SMILES string of the molecule is Cc1cccc2c(-c3c(F)cc(F)c4nn(C)cc34)nn(-c3ccc(N4CC5CCC4CC5C(=O)O)nc3)c12. The lowest BCUT2D eigenvalue weighted by molar-refractivity contribution is -0.146. The van der Waals surface area contributed by atoms with Gasteiger partial charge in [-0.05, 0) is 49.8 Å². The molecule has 1 saturated carbocycles. The highest BCUT2D eigenvalue weighted by Gasteiger charge is 2.44. The minimum absolute atomic E-state index is 0.0937. The first-order valence-corrected chi connectivity index (χ1v) is 13.1. The van der Waals surface area contributed by atoms with Gasteiger partial charge >= 0.3 is 5.97 Å². The zero-order chi connectivity index (χ0) is 27.0. The van der Waals surface area contributed by atoms with Gasteiger partial charge in [0, 0.05) is 48.2 Å². The summed E-state index contributed by atoms with van der Waals surface area (Å²) in [5, 5.41) is 19.7. The molecule has 2 aliphatic heterocycles. The van der Waals surface area contributed by atoms with Crippen molar-refractivity contribution in [2.24, 2.45) is 18.9 Å². The summed E-state index contributed by atoms with van der Waals surface area (Å²) in [4.78, 5) is 18.6. The van der Waals surface area contributed by atoms with Crippen LogP contribution in [0.25, 0.3) is 38.8 Å². The number of halogens is 2. The van der Waals surface area contributed by atoms with Gasteiger partial charge in [0.25, 0.3) is 0 Å². The Morgan fingerprint density at radius 3 is 2.64 bits per heavy atom. The van der Waals surface area contributed by atoms with Gasteiger partial charge in [0.1, 0.15) is 22.8 Å². The van der Waals surface area contributed by atoms with Crippen LogP contribution in [0.1, 0.15) is 24.8 Å². The second-order valence-electron chi connectivity index (χ2n) is 10.7. The molecule has 0 radical (unpaired) electrons. The van der Waals surface area contributed by atoms with Crippen LogP contribution in [-0.2, 0) is 11.8 Å². The van der Waals surface area contributed by atoms with Crippen molar-refractivity contribution >= 4 is 33.6 Å². The van der Waals surface area contributed by atoms with E-state index in [0.717, 1.165) is 41.2 Å². The molecule has 3 unspecified atom stereocenters. The lowest BCUT2D eigenvalue weighted by atomic mass is 9.72. The molecule has 3 atom stereocenters. The van der Waals surface area contributed by atoms with Crippen LogP contribution in [0.15, 0.2) is 48.8 Å². The van der Waals surface area contributed by atoms with Gasteiger partial charge in [-0.15, -0.1) is 0 Å². The molecule has 10 heteroatoms. The van der Waals surface area contributed by atoms with Crippen LogP contribution in [0, 0.1) is 30.4 Å². The van der Waals surface area contributed by atoms with E-state index in [2.05, 4.69) is 10.00 Å².